The molecule has 0 bridgehead atoms. The van der Waals surface area contributed by atoms with E-state index in [2.05, 4.69) is 27.0 Å². The summed E-state index contributed by atoms with van der Waals surface area (Å²) >= 11 is 3.45. The maximum absolute atomic E-state index is 9.72. The van der Waals surface area contributed by atoms with E-state index in [4.69, 9.17) is 0 Å². The van der Waals surface area contributed by atoms with E-state index in [-0.39, 0.29) is 0 Å². The Morgan fingerprint density at radius 1 is 1.30 bits per heavy atom. The number of pyridine rings is 1. The molecule has 0 unspecified atom stereocenters. The molecule has 2 atom stereocenters. The van der Waals surface area contributed by atoms with Gasteiger partial charge >= 0.3 is 0 Å². The number of rotatable bonds is 1. The average Bonchev–Trinajstić information content (AvgIpc) is 2.77. The van der Waals surface area contributed by atoms with Crippen LogP contribution in [0.2, 0.25) is 0 Å². The lowest BCUT2D eigenvalue weighted by molar-refractivity contribution is 0.0572. The molecule has 20 heavy (non-hydrogen) atoms. The van der Waals surface area contributed by atoms with Crippen LogP contribution in [0.1, 0.15) is 5.56 Å². The van der Waals surface area contributed by atoms with Gasteiger partial charge in [0.2, 0.25) is 0 Å². The summed E-state index contributed by atoms with van der Waals surface area (Å²) in [6.45, 7) is 0.614. The van der Waals surface area contributed by atoms with E-state index in [1.54, 1.807) is 0 Å². The van der Waals surface area contributed by atoms with E-state index in [1.807, 2.05) is 23.1 Å². The quantitative estimate of drug-likeness (QED) is 0.824. The first kappa shape index (κ1) is 13.3. The molecule has 0 saturated carbocycles. The first-order chi connectivity index (χ1) is 9.61. The molecule has 1 aliphatic heterocycles. The van der Waals surface area contributed by atoms with Crippen LogP contribution in [0.4, 0.5) is 5.69 Å². The first-order valence-corrected chi connectivity index (χ1v) is 6.99. The Labute approximate surface area is 124 Å². The fraction of sp³-hybridized carbons (Fsp3) is 0.286. The predicted molar refractivity (Wildman–Crippen MR) is 78.4 cm³/mol. The smallest absolute Gasteiger partial charge is 0.103 e. The molecule has 5 nitrogen and oxygen atoms in total. The molecule has 1 aromatic heterocycles. The lowest BCUT2D eigenvalue weighted by Crippen LogP contribution is -2.22. The van der Waals surface area contributed by atoms with Crippen molar-refractivity contribution in [3.8, 4) is 6.07 Å². The number of nitrogens with zero attached hydrogens (tertiary/aromatic N) is 3. The number of β-amino-alcohol motifs (C(OH)–C–C–N with tert-alkyl or cyclic N) is 2. The highest BCUT2D eigenvalue weighted by Gasteiger charge is 2.32. The first-order valence-electron chi connectivity index (χ1n) is 6.20. The number of benzene rings is 1. The summed E-state index contributed by atoms with van der Waals surface area (Å²) in [7, 11) is 0. The van der Waals surface area contributed by atoms with Crippen molar-refractivity contribution in [3.05, 3.63) is 34.4 Å². The third kappa shape index (κ3) is 2.04. The Hall–Kier alpha value is -1.68. The van der Waals surface area contributed by atoms with E-state index in [9.17, 15) is 15.5 Å². The molecule has 1 saturated heterocycles. The van der Waals surface area contributed by atoms with Gasteiger partial charge in [-0.2, -0.15) is 5.26 Å². The molecule has 1 aliphatic rings. The lowest BCUT2D eigenvalue weighted by atomic mass is 10.1. The molecule has 1 fully saturated rings. The summed E-state index contributed by atoms with van der Waals surface area (Å²) in [6, 6.07) is 7.78. The topological polar surface area (TPSA) is 80.4 Å². The molecule has 1 aromatic carbocycles. The SMILES string of the molecule is N#Cc1cnc2c(Br)cccc2c1N1C[C@@H](O)[C@H](O)C1. The fourth-order valence-corrected chi connectivity index (χ4v) is 3.02. The minimum absolute atomic E-state index is 0.307. The third-order valence-electron chi connectivity index (χ3n) is 3.52. The summed E-state index contributed by atoms with van der Waals surface area (Å²) < 4.78 is 0.848. The molecule has 2 heterocycles. The van der Waals surface area contributed by atoms with Crippen LogP contribution in [0, 0.1) is 11.3 Å². The third-order valence-corrected chi connectivity index (χ3v) is 4.16. The zero-order chi connectivity index (χ0) is 14.3. The van der Waals surface area contributed by atoms with E-state index in [0.29, 0.717) is 18.7 Å². The van der Waals surface area contributed by atoms with Crippen molar-refractivity contribution in [2.24, 2.45) is 0 Å². The molecular formula is C14H12BrN3O2. The van der Waals surface area contributed by atoms with E-state index in [1.165, 1.54) is 6.20 Å². The molecule has 2 N–H and O–H groups in total. The Balaban J connectivity index is 2.23. The molecule has 2 aromatic rings. The van der Waals surface area contributed by atoms with Crippen molar-refractivity contribution in [3.63, 3.8) is 0 Å². The van der Waals surface area contributed by atoms with Gasteiger partial charge < -0.3 is 15.1 Å². The van der Waals surface area contributed by atoms with Crippen molar-refractivity contribution in [2.75, 3.05) is 18.0 Å². The highest BCUT2D eigenvalue weighted by Crippen LogP contribution is 2.34. The maximum Gasteiger partial charge on any atom is 0.103 e. The Morgan fingerprint density at radius 2 is 2.00 bits per heavy atom. The fourth-order valence-electron chi connectivity index (χ4n) is 2.55. The van der Waals surface area contributed by atoms with Crippen LogP contribution < -0.4 is 4.90 Å². The standard InChI is InChI=1S/C14H12BrN3O2/c15-10-3-1-2-9-13(10)17-5-8(4-16)14(9)18-6-11(19)12(20)7-18/h1-3,5,11-12,19-20H,6-7H2/t11-,12-/m1/s1. The zero-order valence-electron chi connectivity index (χ0n) is 10.5. The molecular weight excluding hydrogens is 322 g/mol. The van der Waals surface area contributed by atoms with Crippen LogP contribution >= 0.6 is 15.9 Å². The second kappa shape index (κ2) is 5.02. The van der Waals surface area contributed by atoms with E-state index < -0.39 is 12.2 Å². The highest BCUT2D eigenvalue weighted by atomic mass is 79.9. The van der Waals surface area contributed by atoms with Crippen molar-refractivity contribution in [2.45, 2.75) is 12.2 Å². The summed E-state index contributed by atoms with van der Waals surface area (Å²) in [5.74, 6) is 0. The van der Waals surface area contributed by atoms with Crippen molar-refractivity contribution < 1.29 is 10.2 Å². The monoisotopic (exact) mass is 333 g/mol. The number of hydrogen-bond acceptors (Lipinski definition) is 5. The maximum atomic E-state index is 9.72. The second-order valence-corrected chi connectivity index (χ2v) is 5.66. The van der Waals surface area contributed by atoms with Gasteiger partial charge in [0, 0.05) is 29.1 Å². The lowest BCUT2D eigenvalue weighted by Gasteiger charge is -2.21. The number of halogens is 1. The largest absolute Gasteiger partial charge is 0.389 e. The normalized spacial score (nSPS) is 22.2. The van der Waals surface area contributed by atoms with Crippen LogP contribution in [0.15, 0.2) is 28.9 Å². The van der Waals surface area contributed by atoms with Crippen molar-refractivity contribution in [1.29, 1.82) is 5.26 Å². The molecule has 102 valence electrons. The molecule has 0 spiro atoms. The van der Waals surface area contributed by atoms with Gasteiger partial charge in [0.15, 0.2) is 0 Å². The minimum atomic E-state index is -0.795. The number of para-hydroxylation sites is 1. The number of aliphatic hydroxyl groups excluding tert-OH is 2. The summed E-state index contributed by atoms with van der Waals surface area (Å²) in [6.07, 6.45) is -0.0618. The van der Waals surface area contributed by atoms with Gasteiger partial charge in [-0.15, -0.1) is 0 Å². The molecule has 6 heteroatoms. The van der Waals surface area contributed by atoms with Crippen LogP contribution in [0.3, 0.4) is 0 Å². The van der Waals surface area contributed by atoms with Crippen LogP contribution in [-0.2, 0) is 0 Å². The number of nitriles is 1. The molecule has 0 amide bonds. The van der Waals surface area contributed by atoms with Gasteiger partial charge in [-0.05, 0) is 22.0 Å². The Morgan fingerprint density at radius 3 is 2.65 bits per heavy atom. The number of anilines is 1. The average molecular weight is 334 g/mol. The van der Waals surface area contributed by atoms with Crippen molar-refractivity contribution >= 4 is 32.5 Å². The van der Waals surface area contributed by atoms with E-state index in [0.717, 1.165) is 21.1 Å². The van der Waals surface area contributed by atoms with Crippen LogP contribution in [0.5, 0.6) is 0 Å². The molecule has 0 radical (unpaired) electrons. The molecule has 3 rings (SSSR count). The summed E-state index contributed by atoms with van der Waals surface area (Å²) in [4.78, 5) is 6.14. The van der Waals surface area contributed by atoms with Crippen LogP contribution in [-0.4, -0.2) is 40.5 Å². The Bertz CT molecular complexity index is 703. The Kier molecular flexibility index (Phi) is 3.34. The van der Waals surface area contributed by atoms with Gasteiger partial charge in [0.1, 0.15) is 6.07 Å². The number of aliphatic hydroxyl groups is 2. The number of fused-ring (bicyclic) bond motifs is 1. The van der Waals surface area contributed by atoms with Gasteiger partial charge in [-0.1, -0.05) is 12.1 Å². The summed E-state index contributed by atoms with van der Waals surface area (Å²) in [5.41, 5.74) is 1.92. The number of hydrogen-bond donors (Lipinski definition) is 2. The highest BCUT2D eigenvalue weighted by molar-refractivity contribution is 9.10. The van der Waals surface area contributed by atoms with E-state index >= 15 is 0 Å². The second-order valence-electron chi connectivity index (χ2n) is 4.81. The number of aromatic nitrogens is 1. The van der Waals surface area contributed by atoms with Gasteiger partial charge in [0.25, 0.3) is 0 Å². The molecule has 0 aliphatic carbocycles. The zero-order valence-corrected chi connectivity index (χ0v) is 12.1. The van der Waals surface area contributed by atoms with Gasteiger partial charge in [-0.25, -0.2) is 0 Å². The predicted octanol–water partition coefficient (Wildman–Crippen LogP) is 1.41. The minimum Gasteiger partial charge on any atom is -0.389 e. The van der Waals surface area contributed by atoms with Gasteiger partial charge in [0.05, 0.1) is 29.0 Å². The van der Waals surface area contributed by atoms with Gasteiger partial charge in [-0.3, -0.25) is 4.98 Å². The van der Waals surface area contributed by atoms with Crippen LogP contribution in [0.25, 0.3) is 10.9 Å². The summed E-state index contributed by atoms with van der Waals surface area (Å²) in [5, 5.41) is 29.6. The van der Waals surface area contributed by atoms with Crippen molar-refractivity contribution in [1.82, 2.24) is 4.98 Å².